The lowest BCUT2D eigenvalue weighted by Gasteiger charge is -2.25. The molecule has 3 aromatic carbocycles. The van der Waals surface area contributed by atoms with E-state index < -0.39 is 0 Å². The standard InChI is InChI=1S/C21H15Cl3N6/c22-13-7-1-4-10-16(13)26-20-27-19(25)28-21(29-20)30(17-11-5-2-8-14(17)23)18-12-6-3-9-15(18)24/h1-12H,(H3,25,26,27,28,29). The van der Waals surface area contributed by atoms with Gasteiger partial charge in [0.25, 0.3) is 0 Å². The summed E-state index contributed by atoms with van der Waals surface area (Å²) in [6.07, 6.45) is 0. The summed E-state index contributed by atoms with van der Waals surface area (Å²) in [6.45, 7) is 0. The molecule has 0 atom stereocenters. The molecule has 0 bridgehead atoms. The number of nitrogens with two attached hydrogens (primary N) is 1. The monoisotopic (exact) mass is 456 g/mol. The Morgan fingerprint density at radius 1 is 0.667 bits per heavy atom. The maximum atomic E-state index is 6.48. The third kappa shape index (κ3) is 4.26. The number of nitrogens with zero attached hydrogens (tertiary/aromatic N) is 4. The molecule has 1 heterocycles. The number of anilines is 6. The van der Waals surface area contributed by atoms with Crippen LogP contribution in [0.15, 0.2) is 72.8 Å². The van der Waals surface area contributed by atoms with Crippen LogP contribution in [-0.2, 0) is 0 Å². The highest BCUT2D eigenvalue weighted by molar-refractivity contribution is 6.35. The summed E-state index contributed by atoms with van der Waals surface area (Å²) < 4.78 is 0. The molecule has 0 aliphatic carbocycles. The molecule has 0 unspecified atom stereocenters. The number of para-hydroxylation sites is 3. The second-order valence-corrected chi connectivity index (χ2v) is 7.38. The Balaban J connectivity index is 1.85. The minimum Gasteiger partial charge on any atom is -0.368 e. The minimum absolute atomic E-state index is 0.0265. The topological polar surface area (TPSA) is 80.0 Å². The van der Waals surface area contributed by atoms with Crippen molar-refractivity contribution in [3.63, 3.8) is 0 Å². The maximum Gasteiger partial charge on any atom is 0.241 e. The van der Waals surface area contributed by atoms with Gasteiger partial charge >= 0.3 is 0 Å². The largest absolute Gasteiger partial charge is 0.368 e. The second-order valence-electron chi connectivity index (χ2n) is 6.16. The molecule has 6 nitrogen and oxygen atoms in total. The number of aromatic nitrogens is 3. The van der Waals surface area contributed by atoms with Gasteiger partial charge < -0.3 is 11.1 Å². The number of hydrogen-bond donors (Lipinski definition) is 2. The molecule has 0 saturated heterocycles. The van der Waals surface area contributed by atoms with Crippen LogP contribution >= 0.6 is 34.8 Å². The van der Waals surface area contributed by atoms with Crippen molar-refractivity contribution in [2.75, 3.05) is 16.0 Å². The summed E-state index contributed by atoms with van der Waals surface area (Å²) in [4.78, 5) is 14.8. The zero-order chi connectivity index (χ0) is 21.1. The number of benzene rings is 3. The molecule has 9 heteroatoms. The van der Waals surface area contributed by atoms with Crippen LogP contribution in [0.4, 0.5) is 34.9 Å². The van der Waals surface area contributed by atoms with E-state index in [0.717, 1.165) is 0 Å². The highest BCUT2D eigenvalue weighted by Crippen LogP contribution is 2.40. The lowest BCUT2D eigenvalue weighted by molar-refractivity contribution is 1.03. The van der Waals surface area contributed by atoms with Crippen molar-refractivity contribution in [2.24, 2.45) is 0 Å². The third-order valence-corrected chi connectivity index (χ3v) is 5.12. The molecule has 3 N–H and O–H groups in total. The van der Waals surface area contributed by atoms with E-state index in [4.69, 9.17) is 40.5 Å². The van der Waals surface area contributed by atoms with Crippen molar-refractivity contribution in [3.05, 3.63) is 87.9 Å². The van der Waals surface area contributed by atoms with Crippen LogP contribution in [0.2, 0.25) is 15.1 Å². The predicted octanol–water partition coefficient (Wildman–Crippen LogP) is 6.63. The lowest BCUT2D eigenvalue weighted by Crippen LogP contribution is -2.17. The molecular formula is C21H15Cl3N6. The van der Waals surface area contributed by atoms with Gasteiger partial charge in [-0.05, 0) is 36.4 Å². The first-order valence-electron chi connectivity index (χ1n) is 8.85. The van der Waals surface area contributed by atoms with Crippen molar-refractivity contribution in [1.29, 1.82) is 0 Å². The summed E-state index contributed by atoms with van der Waals surface area (Å²) in [7, 11) is 0. The summed E-state index contributed by atoms with van der Waals surface area (Å²) in [5, 5.41) is 4.59. The van der Waals surface area contributed by atoms with E-state index in [-0.39, 0.29) is 17.8 Å². The molecule has 0 radical (unpaired) electrons. The van der Waals surface area contributed by atoms with Gasteiger partial charge in [-0.1, -0.05) is 71.2 Å². The molecule has 4 rings (SSSR count). The fraction of sp³-hybridized carbons (Fsp3) is 0. The lowest BCUT2D eigenvalue weighted by atomic mass is 10.2. The van der Waals surface area contributed by atoms with Crippen LogP contribution in [0.5, 0.6) is 0 Å². The minimum atomic E-state index is 0.0265. The van der Waals surface area contributed by atoms with E-state index >= 15 is 0 Å². The molecule has 0 spiro atoms. The van der Waals surface area contributed by atoms with Crippen molar-refractivity contribution < 1.29 is 0 Å². The van der Waals surface area contributed by atoms with Gasteiger partial charge in [0.1, 0.15) is 0 Å². The van der Waals surface area contributed by atoms with E-state index in [1.165, 1.54) is 0 Å². The van der Waals surface area contributed by atoms with Crippen molar-refractivity contribution in [3.8, 4) is 0 Å². The van der Waals surface area contributed by atoms with Crippen LogP contribution in [0, 0.1) is 0 Å². The summed E-state index contributed by atoms with van der Waals surface area (Å²) in [5.74, 6) is 0.506. The normalized spacial score (nSPS) is 10.6. The molecule has 0 aliphatic heterocycles. The Hall–Kier alpha value is -3.06. The first-order valence-corrected chi connectivity index (χ1v) is 9.98. The van der Waals surface area contributed by atoms with Crippen LogP contribution in [0.3, 0.4) is 0 Å². The van der Waals surface area contributed by atoms with Gasteiger partial charge in [0.2, 0.25) is 17.8 Å². The molecule has 0 saturated carbocycles. The van der Waals surface area contributed by atoms with Gasteiger partial charge in [0.15, 0.2) is 0 Å². The molecular weight excluding hydrogens is 443 g/mol. The van der Waals surface area contributed by atoms with Crippen LogP contribution in [-0.4, -0.2) is 15.0 Å². The second kappa shape index (κ2) is 8.75. The van der Waals surface area contributed by atoms with Gasteiger partial charge in [-0.25, -0.2) is 0 Å². The predicted molar refractivity (Wildman–Crippen MR) is 124 cm³/mol. The zero-order valence-corrected chi connectivity index (χ0v) is 17.7. The van der Waals surface area contributed by atoms with Gasteiger partial charge in [-0.2, -0.15) is 15.0 Å². The van der Waals surface area contributed by atoms with E-state index in [9.17, 15) is 0 Å². The van der Waals surface area contributed by atoms with E-state index in [2.05, 4.69) is 20.3 Å². The molecule has 4 aromatic rings. The smallest absolute Gasteiger partial charge is 0.241 e. The van der Waals surface area contributed by atoms with Crippen molar-refractivity contribution in [1.82, 2.24) is 15.0 Å². The van der Waals surface area contributed by atoms with Crippen molar-refractivity contribution >= 4 is 69.7 Å². The molecule has 0 fully saturated rings. The Morgan fingerprint density at radius 3 is 1.77 bits per heavy atom. The number of rotatable bonds is 5. The fourth-order valence-electron chi connectivity index (χ4n) is 2.83. The third-order valence-electron chi connectivity index (χ3n) is 4.15. The van der Waals surface area contributed by atoms with Crippen LogP contribution < -0.4 is 16.0 Å². The van der Waals surface area contributed by atoms with Crippen LogP contribution in [0.25, 0.3) is 0 Å². The van der Waals surface area contributed by atoms with E-state index in [1.54, 1.807) is 23.1 Å². The summed E-state index contributed by atoms with van der Waals surface area (Å²) in [6, 6.07) is 21.9. The van der Waals surface area contributed by atoms with Gasteiger partial charge in [0.05, 0.1) is 32.1 Å². The highest BCUT2D eigenvalue weighted by Gasteiger charge is 2.21. The molecule has 0 amide bonds. The highest BCUT2D eigenvalue weighted by atomic mass is 35.5. The molecule has 150 valence electrons. The zero-order valence-electron chi connectivity index (χ0n) is 15.4. The first kappa shape index (κ1) is 20.2. The SMILES string of the molecule is Nc1nc(Nc2ccccc2Cl)nc(N(c2ccccc2Cl)c2ccccc2Cl)n1. The molecule has 30 heavy (non-hydrogen) atoms. The number of hydrogen-bond acceptors (Lipinski definition) is 6. The first-order chi connectivity index (χ1) is 14.5. The molecule has 1 aromatic heterocycles. The van der Waals surface area contributed by atoms with Gasteiger partial charge in [-0.15, -0.1) is 0 Å². The van der Waals surface area contributed by atoms with Gasteiger partial charge in [-0.3, -0.25) is 4.90 Å². The maximum absolute atomic E-state index is 6.48. The quantitative estimate of drug-likeness (QED) is 0.350. The Kier molecular flexibility index (Phi) is 5.90. The van der Waals surface area contributed by atoms with Crippen LogP contribution in [0.1, 0.15) is 0 Å². The van der Waals surface area contributed by atoms with E-state index in [1.807, 2.05) is 54.6 Å². The average molecular weight is 458 g/mol. The Morgan fingerprint density at radius 2 is 1.20 bits per heavy atom. The van der Waals surface area contributed by atoms with Gasteiger partial charge in [0, 0.05) is 0 Å². The van der Waals surface area contributed by atoms with Crippen molar-refractivity contribution in [2.45, 2.75) is 0 Å². The number of halogens is 3. The Labute approximate surface area is 188 Å². The fourth-order valence-corrected chi connectivity index (χ4v) is 3.45. The number of nitrogen functional groups attached to an aromatic ring is 1. The average Bonchev–Trinajstić information content (AvgIpc) is 2.72. The summed E-state index contributed by atoms with van der Waals surface area (Å²) >= 11 is 19.2. The molecule has 0 aliphatic rings. The summed E-state index contributed by atoms with van der Waals surface area (Å²) in [5.41, 5.74) is 7.91. The Bertz CT molecular complexity index is 1160. The number of nitrogens with one attached hydrogen (secondary N) is 1. The van der Waals surface area contributed by atoms with E-state index in [0.29, 0.717) is 32.1 Å².